The van der Waals surface area contributed by atoms with Crippen LogP contribution in [0.4, 0.5) is 0 Å². The van der Waals surface area contributed by atoms with Crippen molar-refractivity contribution in [2.75, 3.05) is 19.6 Å². The summed E-state index contributed by atoms with van der Waals surface area (Å²) in [5.74, 6) is -0.422. The van der Waals surface area contributed by atoms with Crippen molar-refractivity contribution in [2.45, 2.75) is 60.4 Å². The molecule has 2 aliphatic rings. The number of amides is 2. The van der Waals surface area contributed by atoms with Gasteiger partial charge in [-0.2, -0.15) is 0 Å². The maximum atomic E-state index is 12.6. The first-order valence-electron chi connectivity index (χ1n) is 12.8. The van der Waals surface area contributed by atoms with E-state index in [9.17, 15) is 9.59 Å². The number of nitrogens with zero attached hydrogens (tertiary/aromatic N) is 2. The lowest BCUT2D eigenvalue weighted by Crippen LogP contribution is -2.38. The molecule has 0 spiro atoms. The van der Waals surface area contributed by atoms with E-state index >= 15 is 0 Å². The molecular weight excluding hydrogens is 488 g/mol. The number of hydrogen-bond donors (Lipinski definition) is 4. The van der Waals surface area contributed by atoms with E-state index in [1.165, 1.54) is 11.1 Å². The van der Waals surface area contributed by atoms with Gasteiger partial charge in [-0.25, -0.2) is 0 Å². The highest BCUT2D eigenvalue weighted by Crippen LogP contribution is 2.26. The van der Waals surface area contributed by atoms with E-state index in [-0.39, 0.29) is 40.5 Å². The molecule has 8 heteroatoms. The summed E-state index contributed by atoms with van der Waals surface area (Å²) in [5, 5.41) is 5.66. The molecule has 1 fully saturated rings. The molecular formula is C31H50N6O2. The molecule has 1 aliphatic carbocycles. The first-order chi connectivity index (χ1) is 17.7. The van der Waals surface area contributed by atoms with Gasteiger partial charge in [0.1, 0.15) is 5.70 Å². The fraction of sp³-hybridized carbons (Fsp3) is 0.387. The van der Waals surface area contributed by atoms with Gasteiger partial charge in [-0.15, -0.1) is 0 Å². The number of rotatable bonds is 9. The summed E-state index contributed by atoms with van der Waals surface area (Å²) in [7, 11) is 0. The molecule has 1 atom stereocenters. The van der Waals surface area contributed by atoms with Crippen molar-refractivity contribution >= 4 is 23.1 Å². The van der Waals surface area contributed by atoms with Crippen LogP contribution in [0.15, 0.2) is 77.2 Å². The molecule has 1 aromatic rings. The first kappa shape index (κ1) is 33.3. The molecule has 39 heavy (non-hydrogen) atoms. The van der Waals surface area contributed by atoms with Crippen LogP contribution in [0.25, 0.3) is 5.57 Å². The van der Waals surface area contributed by atoms with E-state index in [2.05, 4.69) is 72.2 Å². The third kappa shape index (κ3) is 9.50. The molecule has 216 valence electrons. The van der Waals surface area contributed by atoms with E-state index in [0.717, 1.165) is 36.1 Å². The lowest BCUT2D eigenvalue weighted by atomic mass is 9.94. The first-order valence-corrected chi connectivity index (χ1v) is 12.8. The second-order valence-corrected chi connectivity index (χ2v) is 9.78. The predicted molar refractivity (Wildman–Crippen MR) is 168 cm³/mol. The van der Waals surface area contributed by atoms with Gasteiger partial charge in [-0.3, -0.25) is 19.5 Å². The average Bonchev–Trinajstić information content (AvgIpc) is 3.30. The predicted octanol–water partition coefficient (Wildman–Crippen LogP) is 5.35. The maximum Gasteiger partial charge on any atom is 0.267 e. The van der Waals surface area contributed by atoms with Crippen molar-refractivity contribution in [1.82, 2.24) is 21.7 Å². The second kappa shape index (κ2) is 15.6. The van der Waals surface area contributed by atoms with Gasteiger partial charge in [-0.05, 0) is 87.4 Å². The molecule has 3 rings (SSSR count). The molecule has 2 amide bonds. The van der Waals surface area contributed by atoms with Crippen LogP contribution >= 0.6 is 0 Å². The second-order valence-electron chi connectivity index (χ2n) is 9.78. The molecule has 8 nitrogen and oxygen atoms in total. The number of nitrogens with two attached hydrogens (primary N) is 1. The standard InChI is InChI=1S/C30H39N5O2.CH4.H3N.2H2/c1-6-27(34-28(36)19-35-15-7-8-23(35)5)18-32-22(4)17-33-30(37)29(31)25-13-11-24(12-14-25)26-10-9-20(2)21(3)16-26;;;;/h6,9-13,16,18,23H,1,7-8,14-15,17,19,31H2,2-5H3,(H,33,37)(H,34,36);1H4;1H3;2*1H/b27-18+,29-25-,32-22?;;;;/t23-;;;;/m0..../s1. The van der Waals surface area contributed by atoms with Gasteiger partial charge in [0.2, 0.25) is 5.91 Å². The third-order valence-electron chi connectivity index (χ3n) is 6.91. The lowest BCUT2D eigenvalue weighted by molar-refractivity contribution is -0.121. The monoisotopic (exact) mass is 538 g/mol. The summed E-state index contributed by atoms with van der Waals surface area (Å²) in [6, 6.07) is 6.82. The molecule has 0 bridgehead atoms. The van der Waals surface area contributed by atoms with Crippen LogP contribution in [0.2, 0.25) is 0 Å². The van der Waals surface area contributed by atoms with Crippen LogP contribution in [-0.2, 0) is 9.59 Å². The summed E-state index contributed by atoms with van der Waals surface area (Å²) >= 11 is 0. The van der Waals surface area contributed by atoms with Crippen LogP contribution in [-0.4, -0.2) is 48.1 Å². The summed E-state index contributed by atoms with van der Waals surface area (Å²) in [4.78, 5) is 31.5. The summed E-state index contributed by atoms with van der Waals surface area (Å²) < 4.78 is 0. The number of hydrogen-bond acceptors (Lipinski definition) is 6. The Hall–Kier alpha value is -3.75. The molecule has 1 aliphatic heterocycles. The normalized spacial score (nSPS) is 18.9. The number of allylic oxidation sites excluding steroid dienone is 6. The highest BCUT2D eigenvalue weighted by atomic mass is 16.2. The van der Waals surface area contributed by atoms with Gasteiger partial charge in [0.05, 0.1) is 25.0 Å². The molecule has 1 heterocycles. The van der Waals surface area contributed by atoms with Gasteiger partial charge >= 0.3 is 0 Å². The largest absolute Gasteiger partial charge is 0.394 e. The van der Waals surface area contributed by atoms with Gasteiger partial charge in [0.15, 0.2) is 0 Å². The Labute approximate surface area is 237 Å². The number of benzene rings is 1. The van der Waals surface area contributed by atoms with Crippen molar-refractivity contribution in [2.24, 2.45) is 10.7 Å². The fourth-order valence-electron chi connectivity index (χ4n) is 4.30. The van der Waals surface area contributed by atoms with E-state index in [4.69, 9.17) is 5.73 Å². The van der Waals surface area contributed by atoms with Crippen LogP contribution in [0.5, 0.6) is 0 Å². The zero-order chi connectivity index (χ0) is 26.9. The number of likely N-dealkylation sites (tertiary alicyclic amines) is 1. The number of carbonyl (C=O) groups is 2. The number of aryl methyl sites for hydroxylation is 2. The van der Waals surface area contributed by atoms with Crippen molar-refractivity contribution in [3.63, 3.8) is 0 Å². The summed E-state index contributed by atoms with van der Waals surface area (Å²) in [6.45, 7) is 13.4. The third-order valence-corrected chi connectivity index (χ3v) is 6.91. The minimum Gasteiger partial charge on any atom is -0.394 e. The molecule has 1 aromatic carbocycles. The molecule has 0 unspecified atom stereocenters. The Bertz CT molecular complexity index is 1220. The molecule has 7 N–H and O–H groups in total. The molecule has 0 saturated carbocycles. The summed E-state index contributed by atoms with van der Waals surface area (Å²) in [5.41, 5.74) is 13.1. The van der Waals surface area contributed by atoms with E-state index in [1.54, 1.807) is 19.2 Å². The zero-order valence-electron chi connectivity index (χ0n) is 23.1. The van der Waals surface area contributed by atoms with E-state index in [1.807, 2.05) is 12.2 Å². The van der Waals surface area contributed by atoms with E-state index < -0.39 is 0 Å². The fourth-order valence-corrected chi connectivity index (χ4v) is 4.30. The highest BCUT2D eigenvalue weighted by molar-refractivity contribution is 5.97. The lowest BCUT2D eigenvalue weighted by Gasteiger charge is -2.20. The minimum absolute atomic E-state index is 0. The van der Waals surface area contributed by atoms with Crippen LogP contribution in [0.3, 0.4) is 0 Å². The van der Waals surface area contributed by atoms with Crippen molar-refractivity contribution in [3.8, 4) is 0 Å². The van der Waals surface area contributed by atoms with Crippen molar-refractivity contribution in [1.29, 1.82) is 0 Å². The van der Waals surface area contributed by atoms with Crippen molar-refractivity contribution in [3.05, 3.63) is 88.9 Å². The molecule has 0 aromatic heterocycles. The van der Waals surface area contributed by atoms with Crippen LogP contribution in [0, 0.1) is 13.8 Å². The Morgan fingerprint density at radius 1 is 1.26 bits per heavy atom. The van der Waals surface area contributed by atoms with Crippen LogP contribution < -0.4 is 22.5 Å². The van der Waals surface area contributed by atoms with Gasteiger partial charge in [0.25, 0.3) is 5.91 Å². The molecule has 1 saturated heterocycles. The maximum absolute atomic E-state index is 12.6. The van der Waals surface area contributed by atoms with Crippen LogP contribution in [0.1, 0.15) is 60.1 Å². The average molecular weight is 539 g/mol. The number of carbonyl (C=O) groups excluding carboxylic acids is 2. The number of aliphatic imine (C=N–C) groups is 1. The quantitative estimate of drug-likeness (QED) is 0.191. The van der Waals surface area contributed by atoms with Gasteiger partial charge in [0, 0.05) is 14.6 Å². The topological polar surface area (TPSA) is 135 Å². The SMILES string of the molecule is C.C=C/C(=C\N=C(C)CNC(=O)/C(N)=C1\C=CC(c2ccc(C)c(C)c2)=CC1)NC(=O)CN1CCC[C@@H]1C.N.[HH].[HH]. The van der Waals surface area contributed by atoms with Crippen molar-refractivity contribution < 1.29 is 12.4 Å². The Morgan fingerprint density at radius 3 is 2.59 bits per heavy atom. The zero-order valence-corrected chi connectivity index (χ0v) is 23.1. The summed E-state index contributed by atoms with van der Waals surface area (Å²) in [6.07, 6.45) is 11.9. The minimum atomic E-state index is -0.335. The molecule has 0 radical (unpaired) electrons. The Kier molecular flexibility index (Phi) is 13.3. The van der Waals surface area contributed by atoms with Gasteiger partial charge in [-0.1, -0.05) is 50.4 Å². The highest BCUT2D eigenvalue weighted by Gasteiger charge is 2.22. The number of nitrogens with one attached hydrogen (secondary N) is 2. The smallest absolute Gasteiger partial charge is 0.267 e. The Balaban J connectivity index is 0. The van der Waals surface area contributed by atoms with Gasteiger partial charge < -0.3 is 22.5 Å². The van der Waals surface area contributed by atoms with E-state index in [0.29, 0.717) is 30.4 Å². The Morgan fingerprint density at radius 2 is 2.00 bits per heavy atom.